The van der Waals surface area contributed by atoms with Gasteiger partial charge in [0.25, 0.3) is 0 Å². The van der Waals surface area contributed by atoms with Crippen LogP contribution in [0.2, 0.25) is 0 Å². The second-order valence-corrected chi connectivity index (χ2v) is 8.27. The van der Waals surface area contributed by atoms with Gasteiger partial charge in [-0.1, -0.05) is 42.5 Å². The number of ether oxygens (including phenoxy) is 1. The van der Waals surface area contributed by atoms with Crippen molar-refractivity contribution in [3.8, 4) is 0 Å². The number of rotatable bonds is 5. The molecule has 0 aliphatic heterocycles. The van der Waals surface area contributed by atoms with Crippen LogP contribution in [0.25, 0.3) is 0 Å². The van der Waals surface area contributed by atoms with E-state index in [2.05, 4.69) is 57.2 Å². The Labute approximate surface area is 104 Å². The SMILES string of the molecule is CC/C(=C(\I)OC)P(C(C)C)C(C)C. The van der Waals surface area contributed by atoms with Crippen LogP contribution < -0.4 is 0 Å². The zero-order chi connectivity index (χ0) is 11.3. The largest absolute Gasteiger partial charge is 0.491 e. The third kappa shape index (κ3) is 4.06. The maximum Gasteiger partial charge on any atom is 0.159 e. The summed E-state index contributed by atoms with van der Waals surface area (Å²) in [5.41, 5.74) is 1.50. The van der Waals surface area contributed by atoms with E-state index in [4.69, 9.17) is 4.74 Å². The van der Waals surface area contributed by atoms with Gasteiger partial charge in [-0.05, 0) is 40.3 Å². The van der Waals surface area contributed by atoms with E-state index in [1.54, 1.807) is 7.11 Å². The van der Waals surface area contributed by atoms with Crippen molar-refractivity contribution in [2.75, 3.05) is 7.11 Å². The van der Waals surface area contributed by atoms with Gasteiger partial charge in [0.1, 0.15) is 0 Å². The molecule has 0 aromatic heterocycles. The monoisotopic (exact) mass is 328 g/mol. The standard InChI is InChI=1S/C11H22IOP/c1-7-10(11(12)13-6)14(8(2)3)9(4)5/h8-9H,7H2,1-6H3/b11-10-. The summed E-state index contributed by atoms with van der Waals surface area (Å²) in [5.74, 6) is 0. The Morgan fingerprint density at radius 2 is 1.64 bits per heavy atom. The highest BCUT2D eigenvalue weighted by atomic mass is 127. The molecule has 0 unspecified atom stereocenters. The first kappa shape index (κ1) is 14.7. The molecular formula is C11H22IOP. The Kier molecular flexibility index (Phi) is 7.41. The lowest BCUT2D eigenvalue weighted by Gasteiger charge is -2.28. The highest BCUT2D eigenvalue weighted by molar-refractivity contribution is 14.1. The molecule has 0 heterocycles. The molecule has 0 aromatic rings. The Balaban J connectivity index is 4.96. The van der Waals surface area contributed by atoms with Gasteiger partial charge in [0, 0.05) is 5.31 Å². The number of hydrogen-bond acceptors (Lipinski definition) is 1. The molecular weight excluding hydrogens is 306 g/mol. The second-order valence-electron chi connectivity index (χ2n) is 3.87. The van der Waals surface area contributed by atoms with Crippen LogP contribution >= 0.6 is 30.5 Å². The first-order valence-corrected chi connectivity index (χ1v) is 7.72. The highest BCUT2D eigenvalue weighted by Crippen LogP contribution is 2.56. The molecule has 3 heteroatoms. The van der Waals surface area contributed by atoms with Gasteiger partial charge >= 0.3 is 0 Å². The lowest BCUT2D eigenvalue weighted by atomic mass is 10.5. The Bertz CT molecular complexity index is 191. The molecule has 1 nitrogen and oxygen atoms in total. The van der Waals surface area contributed by atoms with Gasteiger partial charge in [0.2, 0.25) is 0 Å². The number of allylic oxidation sites excluding steroid dienone is 1. The van der Waals surface area contributed by atoms with E-state index in [0.29, 0.717) is 0 Å². The van der Waals surface area contributed by atoms with Crippen LogP contribution in [0.5, 0.6) is 0 Å². The zero-order valence-corrected chi connectivity index (χ0v) is 13.1. The summed E-state index contributed by atoms with van der Waals surface area (Å²) in [4.78, 5) is 0. The summed E-state index contributed by atoms with van der Waals surface area (Å²) in [5, 5.41) is 1.54. The molecule has 0 amide bonds. The quantitative estimate of drug-likeness (QED) is 0.394. The number of hydrogen-bond donors (Lipinski definition) is 0. The molecule has 0 N–H and O–H groups in total. The molecule has 0 saturated carbocycles. The van der Waals surface area contributed by atoms with Gasteiger partial charge in [0.05, 0.1) is 7.11 Å². The predicted octanol–water partition coefficient (Wildman–Crippen LogP) is 4.95. The third-order valence-corrected chi connectivity index (χ3v) is 7.05. The molecule has 0 bridgehead atoms. The van der Waals surface area contributed by atoms with Gasteiger partial charge in [-0.15, -0.1) is 0 Å². The highest BCUT2D eigenvalue weighted by Gasteiger charge is 2.22. The van der Waals surface area contributed by atoms with Gasteiger partial charge in [-0.2, -0.15) is 0 Å². The topological polar surface area (TPSA) is 9.23 Å². The fourth-order valence-electron chi connectivity index (χ4n) is 1.76. The Morgan fingerprint density at radius 1 is 1.21 bits per heavy atom. The first-order chi connectivity index (χ1) is 6.45. The van der Waals surface area contributed by atoms with Crippen LogP contribution in [-0.4, -0.2) is 18.4 Å². The minimum atomic E-state index is -0.0403. The zero-order valence-electron chi connectivity index (χ0n) is 10.1. The summed E-state index contributed by atoms with van der Waals surface area (Å²) < 4.78 is 6.48. The van der Waals surface area contributed by atoms with Crippen LogP contribution in [0.1, 0.15) is 41.0 Å². The van der Waals surface area contributed by atoms with Crippen LogP contribution in [0, 0.1) is 0 Å². The fraction of sp³-hybridized carbons (Fsp3) is 0.818. The fourth-order valence-corrected chi connectivity index (χ4v) is 6.08. The van der Waals surface area contributed by atoms with Gasteiger partial charge in [0.15, 0.2) is 3.77 Å². The molecule has 0 aliphatic carbocycles. The Hall–Kier alpha value is 0.700. The van der Waals surface area contributed by atoms with Gasteiger partial charge in [-0.25, -0.2) is 0 Å². The molecule has 0 radical (unpaired) electrons. The minimum Gasteiger partial charge on any atom is -0.491 e. The summed E-state index contributed by atoms with van der Waals surface area (Å²) in [6, 6.07) is 0. The van der Waals surface area contributed by atoms with Crippen LogP contribution in [0.4, 0.5) is 0 Å². The van der Waals surface area contributed by atoms with Gasteiger partial charge in [-0.3, -0.25) is 0 Å². The van der Waals surface area contributed by atoms with Gasteiger partial charge < -0.3 is 4.74 Å². The lowest BCUT2D eigenvalue weighted by molar-refractivity contribution is 0.329. The summed E-state index contributed by atoms with van der Waals surface area (Å²) in [6.45, 7) is 11.5. The van der Waals surface area contributed by atoms with E-state index in [9.17, 15) is 0 Å². The Morgan fingerprint density at radius 3 is 1.86 bits per heavy atom. The van der Waals surface area contributed by atoms with E-state index in [-0.39, 0.29) is 7.92 Å². The molecule has 0 aromatic carbocycles. The van der Waals surface area contributed by atoms with E-state index >= 15 is 0 Å². The summed E-state index contributed by atoms with van der Waals surface area (Å²) in [7, 11) is 1.73. The number of halogens is 1. The lowest BCUT2D eigenvalue weighted by Crippen LogP contribution is -2.06. The average molecular weight is 328 g/mol. The van der Waals surface area contributed by atoms with Crippen molar-refractivity contribution >= 4 is 30.5 Å². The molecule has 0 fully saturated rings. The van der Waals surface area contributed by atoms with E-state index in [1.165, 1.54) is 5.31 Å². The number of methoxy groups -OCH3 is 1. The van der Waals surface area contributed by atoms with Crippen molar-refractivity contribution in [3.63, 3.8) is 0 Å². The van der Waals surface area contributed by atoms with Crippen molar-refractivity contribution in [3.05, 3.63) is 9.08 Å². The van der Waals surface area contributed by atoms with Crippen molar-refractivity contribution in [2.24, 2.45) is 0 Å². The molecule has 84 valence electrons. The third-order valence-electron chi connectivity index (χ3n) is 2.17. The smallest absolute Gasteiger partial charge is 0.159 e. The van der Waals surface area contributed by atoms with E-state index in [0.717, 1.165) is 21.5 Å². The maximum absolute atomic E-state index is 5.37. The molecule has 0 saturated heterocycles. The summed E-state index contributed by atoms with van der Waals surface area (Å²) in [6.07, 6.45) is 1.12. The summed E-state index contributed by atoms with van der Waals surface area (Å²) >= 11 is 2.32. The molecule has 0 atom stereocenters. The first-order valence-electron chi connectivity index (χ1n) is 5.16. The molecule has 14 heavy (non-hydrogen) atoms. The second kappa shape index (κ2) is 7.05. The molecule has 0 spiro atoms. The average Bonchev–Trinajstić information content (AvgIpc) is 2.11. The molecule has 0 rings (SSSR count). The van der Waals surface area contributed by atoms with E-state index in [1.807, 2.05) is 0 Å². The van der Waals surface area contributed by atoms with Crippen molar-refractivity contribution in [1.82, 2.24) is 0 Å². The maximum atomic E-state index is 5.37. The minimum absolute atomic E-state index is 0.0403. The molecule has 0 aliphatic rings. The van der Waals surface area contributed by atoms with Crippen molar-refractivity contribution < 1.29 is 4.74 Å². The normalized spacial score (nSPS) is 13.9. The van der Waals surface area contributed by atoms with Crippen LogP contribution in [0.3, 0.4) is 0 Å². The van der Waals surface area contributed by atoms with Crippen molar-refractivity contribution in [2.45, 2.75) is 52.4 Å². The van der Waals surface area contributed by atoms with Crippen LogP contribution in [0.15, 0.2) is 9.08 Å². The predicted molar refractivity (Wildman–Crippen MR) is 75.5 cm³/mol. The van der Waals surface area contributed by atoms with Crippen molar-refractivity contribution in [1.29, 1.82) is 0 Å². The van der Waals surface area contributed by atoms with E-state index < -0.39 is 0 Å². The van der Waals surface area contributed by atoms with Crippen LogP contribution in [-0.2, 0) is 4.74 Å².